The van der Waals surface area contributed by atoms with Gasteiger partial charge in [-0.3, -0.25) is 0 Å². The van der Waals surface area contributed by atoms with Gasteiger partial charge in [-0.1, -0.05) is 19.1 Å². The summed E-state index contributed by atoms with van der Waals surface area (Å²) in [5.41, 5.74) is 0.0472. The maximum Gasteiger partial charge on any atom is 0.260 e. The first-order valence-electron chi connectivity index (χ1n) is 4.81. The van der Waals surface area contributed by atoms with Gasteiger partial charge < -0.3 is 0 Å². The summed E-state index contributed by atoms with van der Waals surface area (Å²) in [6.07, 6.45) is 0.856. The van der Waals surface area contributed by atoms with Gasteiger partial charge in [0.25, 0.3) is 10.0 Å². The second-order valence-corrected chi connectivity index (χ2v) is 7.06. The van der Waals surface area contributed by atoms with Crippen LogP contribution in [0.1, 0.15) is 20.3 Å². The Morgan fingerprint density at radius 2 is 2.12 bits per heavy atom. The molecule has 1 aromatic heterocycles. The zero-order valence-electron chi connectivity index (χ0n) is 9.23. The lowest BCUT2D eigenvalue weighted by atomic mass is 10.2. The lowest BCUT2D eigenvalue weighted by Crippen LogP contribution is -2.30. The first kappa shape index (κ1) is 12.0. The molecule has 1 heterocycles. The average molecular weight is 309 g/mol. The highest BCUT2D eigenvalue weighted by Gasteiger charge is 2.48. The Morgan fingerprint density at radius 3 is 2.50 bits per heavy atom. The molecule has 2 rings (SSSR count). The molecule has 6 nitrogen and oxygen atoms in total. The van der Waals surface area contributed by atoms with Crippen molar-refractivity contribution in [3.05, 3.63) is 4.60 Å². The third-order valence-corrected chi connectivity index (χ3v) is 5.16. The van der Waals surface area contributed by atoms with E-state index in [0.29, 0.717) is 0 Å². The molecule has 1 fully saturated rings. The predicted octanol–water partition coefficient (Wildman–Crippen LogP) is 0.654. The fraction of sp³-hybridized carbons (Fsp3) is 0.750. The van der Waals surface area contributed by atoms with Crippen LogP contribution in [0.25, 0.3) is 0 Å². The number of aromatic nitrogens is 3. The number of nitrogens with one attached hydrogen (secondary N) is 1. The van der Waals surface area contributed by atoms with Crippen molar-refractivity contribution >= 4 is 26.0 Å². The second kappa shape index (κ2) is 3.51. The van der Waals surface area contributed by atoms with Crippen LogP contribution >= 0.6 is 15.9 Å². The molecule has 0 saturated heterocycles. The van der Waals surface area contributed by atoms with Crippen LogP contribution in [0.3, 0.4) is 0 Å². The number of halogens is 1. The van der Waals surface area contributed by atoms with Crippen molar-refractivity contribution in [1.82, 2.24) is 19.7 Å². The minimum absolute atomic E-state index is 0.000648. The highest BCUT2D eigenvalue weighted by Crippen LogP contribution is 2.45. The first-order chi connectivity index (χ1) is 7.24. The maximum absolute atomic E-state index is 12.0. The fourth-order valence-corrected chi connectivity index (χ4v) is 4.02. The van der Waals surface area contributed by atoms with E-state index in [-0.39, 0.29) is 21.1 Å². The number of aryl methyl sites for hydroxylation is 1. The molecule has 90 valence electrons. The molecule has 0 bridgehead atoms. The van der Waals surface area contributed by atoms with Crippen LogP contribution in [-0.4, -0.2) is 29.5 Å². The van der Waals surface area contributed by atoms with Crippen molar-refractivity contribution in [1.29, 1.82) is 0 Å². The lowest BCUT2D eigenvalue weighted by Gasteiger charge is -2.07. The Labute approximate surface area is 103 Å². The smallest absolute Gasteiger partial charge is 0.235 e. The highest BCUT2D eigenvalue weighted by atomic mass is 79.9. The molecule has 1 unspecified atom stereocenters. The van der Waals surface area contributed by atoms with Gasteiger partial charge in [-0.15, -0.1) is 5.10 Å². The molecule has 0 aliphatic heterocycles. The molecule has 1 aliphatic rings. The Morgan fingerprint density at radius 1 is 1.56 bits per heavy atom. The molecule has 1 N–H and O–H groups in total. The van der Waals surface area contributed by atoms with Crippen molar-refractivity contribution in [3.8, 4) is 0 Å². The molecular weight excluding hydrogens is 296 g/mol. The van der Waals surface area contributed by atoms with E-state index in [2.05, 4.69) is 31.0 Å². The average Bonchev–Trinajstić information content (AvgIpc) is 2.53. The van der Waals surface area contributed by atoms with Gasteiger partial charge in [0.15, 0.2) is 4.60 Å². The van der Waals surface area contributed by atoms with Crippen molar-refractivity contribution in [2.24, 2.45) is 12.5 Å². The SMILES string of the molecule is Cn1nnc(Br)c1S(=O)(=O)NC1CC1(C)C. The van der Waals surface area contributed by atoms with Gasteiger partial charge in [0.2, 0.25) is 5.03 Å². The van der Waals surface area contributed by atoms with E-state index in [4.69, 9.17) is 0 Å². The molecule has 0 aromatic carbocycles. The van der Waals surface area contributed by atoms with E-state index in [1.807, 2.05) is 13.8 Å². The molecule has 16 heavy (non-hydrogen) atoms. The minimum Gasteiger partial charge on any atom is -0.235 e. The Bertz CT molecular complexity index is 503. The van der Waals surface area contributed by atoms with E-state index in [1.165, 1.54) is 4.68 Å². The van der Waals surface area contributed by atoms with Gasteiger partial charge in [-0.2, -0.15) is 0 Å². The number of sulfonamides is 1. The van der Waals surface area contributed by atoms with Crippen LogP contribution in [-0.2, 0) is 17.1 Å². The van der Waals surface area contributed by atoms with Gasteiger partial charge in [0.05, 0.1) is 0 Å². The summed E-state index contributed by atoms with van der Waals surface area (Å²) in [4.78, 5) is 0. The van der Waals surface area contributed by atoms with Crippen LogP contribution in [0.15, 0.2) is 9.63 Å². The summed E-state index contributed by atoms with van der Waals surface area (Å²) in [5.74, 6) is 0. The van der Waals surface area contributed by atoms with Gasteiger partial charge >= 0.3 is 0 Å². The van der Waals surface area contributed by atoms with E-state index in [9.17, 15) is 8.42 Å². The van der Waals surface area contributed by atoms with E-state index in [1.54, 1.807) is 7.05 Å². The third-order valence-electron chi connectivity index (χ3n) is 2.80. The third kappa shape index (κ3) is 2.01. The van der Waals surface area contributed by atoms with E-state index >= 15 is 0 Å². The summed E-state index contributed by atoms with van der Waals surface area (Å²) in [7, 11) is -2.00. The predicted molar refractivity (Wildman–Crippen MR) is 61.2 cm³/mol. The summed E-state index contributed by atoms with van der Waals surface area (Å²) in [6, 6.07) is -0.000648. The fourth-order valence-electron chi connectivity index (χ4n) is 1.52. The highest BCUT2D eigenvalue weighted by molar-refractivity contribution is 9.10. The zero-order valence-corrected chi connectivity index (χ0v) is 11.6. The molecule has 0 radical (unpaired) electrons. The van der Waals surface area contributed by atoms with E-state index in [0.717, 1.165) is 6.42 Å². The maximum atomic E-state index is 12.0. The van der Waals surface area contributed by atoms with Crippen LogP contribution in [0.2, 0.25) is 0 Å². The molecule has 8 heteroatoms. The standard InChI is InChI=1S/C8H13BrN4O2S/c1-8(2)4-5(8)11-16(14,15)7-6(9)10-12-13(7)3/h5,11H,4H2,1-3H3. The van der Waals surface area contributed by atoms with Crippen LogP contribution in [0, 0.1) is 5.41 Å². The molecule has 1 aromatic rings. The number of nitrogens with zero attached hydrogens (tertiary/aromatic N) is 3. The monoisotopic (exact) mass is 308 g/mol. The van der Waals surface area contributed by atoms with Gasteiger partial charge in [-0.05, 0) is 27.8 Å². The molecule has 0 spiro atoms. The Kier molecular flexibility index (Phi) is 2.63. The molecular formula is C8H13BrN4O2S. The summed E-state index contributed by atoms with van der Waals surface area (Å²) < 4.78 is 28.2. The van der Waals surface area contributed by atoms with Gasteiger partial charge in [0, 0.05) is 13.1 Å². The Balaban J connectivity index is 2.27. The van der Waals surface area contributed by atoms with E-state index < -0.39 is 10.0 Å². The summed E-state index contributed by atoms with van der Waals surface area (Å²) >= 11 is 3.08. The summed E-state index contributed by atoms with van der Waals surface area (Å²) in [5, 5.41) is 7.37. The van der Waals surface area contributed by atoms with Crippen molar-refractivity contribution in [3.63, 3.8) is 0 Å². The van der Waals surface area contributed by atoms with Crippen molar-refractivity contribution in [2.75, 3.05) is 0 Å². The molecule has 1 aliphatic carbocycles. The zero-order chi connectivity index (χ0) is 12.1. The quantitative estimate of drug-likeness (QED) is 0.889. The minimum atomic E-state index is -3.54. The van der Waals surface area contributed by atoms with Crippen molar-refractivity contribution in [2.45, 2.75) is 31.3 Å². The van der Waals surface area contributed by atoms with Crippen LogP contribution < -0.4 is 4.72 Å². The number of hydrogen-bond acceptors (Lipinski definition) is 4. The largest absolute Gasteiger partial charge is 0.260 e. The second-order valence-electron chi connectivity index (χ2n) is 4.68. The number of rotatable bonds is 3. The van der Waals surface area contributed by atoms with Crippen LogP contribution in [0.5, 0.6) is 0 Å². The number of hydrogen-bond donors (Lipinski definition) is 1. The normalized spacial score (nSPS) is 23.4. The molecule has 1 atom stereocenters. The summed E-state index contributed by atoms with van der Waals surface area (Å²) in [6.45, 7) is 4.05. The topological polar surface area (TPSA) is 76.9 Å². The van der Waals surface area contributed by atoms with Gasteiger partial charge in [0.1, 0.15) is 0 Å². The van der Waals surface area contributed by atoms with Crippen molar-refractivity contribution < 1.29 is 8.42 Å². The lowest BCUT2D eigenvalue weighted by molar-refractivity contribution is 0.541. The molecule has 1 saturated carbocycles. The first-order valence-corrected chi connectivity index (χ1v) is 7.09. The Hall–Kier alpha value is -0.470. The van der Waals surface area contributed by atoms with Crippen LogP contribution in [0.4, 0.5) is 0 Å². The molecule has 0 amide bonds. The van der Waals surface area contributed by atoms with Gasteiger partial charge in [-0.25, -0.2) is 17.8 Å².